The Morgan fingerprint density at radius 3 is 2.85 bits per heavy atom. The number of phenolic OH excluding ortho intramolecular Hbond substituents is 1. The number of ether oxygens (including phenoxy) is 1. The van der Waals surface area contributed by atoms with Gasteiger partial charge in [0.05, 0.1) is 6.10 Å². The summed E-state index contributed by atoms with van der Waals surface area (Å²) in [5.41, 5.74) is 2.41. The third-order valence-electron chi connectivity index (χ3n) is 3.78. The number of carbonyl (C=O) groups excluding carboxylic acids is 1. The Morgan fingerprint density at radius 1 is 1.35 bits per heavy atom. The number of hydrogen-bond donors (Lipinski definition) is 2. The maximum Gasteiger partial charge on any atom is 0.224 e. The van der Waals surface area contributed by atoms with E-state index < -0.39 is 0 Å². The second-order valence-electron chi connectivity index (χ2n) is 5.53. The van der Waals surface area contributed by atoms with Crippen LogP contribution in [0.4, 0.5) is 5.69 Å². The molecule has 1 aromatic rings. The van der Waals surface area contributed by atoms with E-state index in [-0.39, 0.29) is 17.8 Å². The molecule has 1 amide bonds. The summed E-state index contributed by atoms with van der Waals surface area (Å²) in [5.74, 6) is 0.267. The van der Waals surface area contributed by atoms with Crippen LogP contribution >= 0.6 is 0 Å². The maximum atomic E-state index is 12.0. The van der Waals surface area contributed by atoms with Gasteiger partial charge in [-0.15, -0.1) is 0 Å². The molecule has 1 saturated heterocycles. The molecule has 1 fully saturated rings. The van der Waals surface area contributed by atoms with E-state index in [0.717, 1.165) is 42.7 Å². The molecule has 0 radical (unpaired) electrons. The third-order valence-corrected chi connectivity index (χ3v) is 3.78. The number of aromatic hydroxyl groups is 1. The van der Waals surface area contributed by atoms with Gasteiger partial charge in [-0.05, 0) is 62.8 Å². The molecule has 1 unspecified atom stereocenters. The highest BCUT2D eigenvalue weighted by Crippen LogP contribution is 2.25. The summed E-state index contributed by atoms with van der Waals surface area (Å²) in [5, 5.41) is 12.5. The third kappa shape index (κ3) is 3.97. The smallest absolute Gasteiger partial charge is 0.224 e. The van der Waals surface area contributed by atoms with Gasteiger partial charge >= 0.3 is 0 Å². The second-order valence-corrected chi connectivity index (χ2v) is 5.53. The lowest BCUT2D eigenvalue weighted by molar-refractivity contribution is -0.117. The first-order valence-corrected chi connectivity index (χ1v) is 7.28. The molecular formula is C16H23NO3. The largest absolute Gasteiger partial charge is 0.508 e. The average molecular weight is 277 g/mol. The van der Waals surface area contributed by atoms with Gasteiger partial charge < -0.3 is 15.2 Å². The van der Waals surface area contributed by atoms with E-state index in [1.165, 1.54) is 6.42 Å². The van der Waals surface area contributed by atoms with E-state index >= 15 is 0 Å². The van der Waals surface area contributed by atoms with E-state index in [1.54, 1.807) is 12.1 Å². The molecule has 20 heavy (non-hydrogen) atoms. The standard InChI is InChI=1S/C16H23NO3/c1-11-10-15(18)12(2)9-14(11)17-16(19)7-6-13-5-3-4-8-20-13/h9-10,13,18H,3-8H2,1-2H3,(H,17,19). The quantitative estimate of drug-likeness (QED) is 0.830. The Hall–Kier alpha value is -1.55. The zero-order chi connectivity index (χ0) is 14.5. The molecule has 1 heterocycles. The van der Waals surface area contributed by atoms with Gasteiger partial charge in [-0.25, -0.2) is 0 Å². The minimum atomic E-state index is 0.00682. The molecule has 1 aromatic carbocycles. The number of rotatable bonds is 4. The predicted octanol–water partition coefficient (Wildman–Crippen LogP) is 3.30. The maximum absolute atomic E-state index is 12.0. The highest BCUT2D eigenvalue weighted by atomic mass is 16.5. The molecule has 0 saturated carbocycles. The Bertz CT molecular complexity index is 479. The number of benzene rings is 1. The van der Waals surface area contributed by atoms with Gasteiger partial charge in [0.15, 0.2) is 0 Å². The van der Waals surface area contributed by atoms with Crippen LogP contribution in [0.15, 0.2) is 12.1 Å². The first kappa shape index (κ1) is 14.9. The Kier molecular flexibility index (Phi) is 5.01. The van der Waals surface area contributed by atoms with Crippen LogP contribution in [0.1, 0.15) is 43.2 Å². The highest BCUT2D eigenvalue weighted by Gasteiger charge is 2.15. The van der Waals surface area contributed by atoms with Crippen LogP contribution in [0, 0.1) is 13.8 Å². The van der Waals surface area contributed by atoms with Gasteiger partial charge in [0.1, 0.15) is 5.75 Å². The van der Waals surface area contributed by atoms with Crippen LogP contribution in [0.25, 0.3) is 0 Å². The minimum absolute atomic E-state index is 0.00682. The van der Waals surface area contributed by atoms with Gasteiger partial charge in [-0.3, -0.25) is 4.79 Å². The number of phenols is 1. The van der Waals surface area contributed by atoms with Crippen LogP contribution < -0.4 is 5.32 Å². The SMILES string of the molecule is Cc1cc(NC(=O)CCC2CCCCO2)c(C)cc1O. The van der Waals surface area contributed by atoms with E-state index in [2.05, 4.69) is 5.32 Å². The van der Waals surface area contributed by atoms with Crippen molar-refractivity contribution in [3.8, 4) is 5.75 Å². The molecular weight excluding hydrogens is 254 g/mol. The fraction of sp³-hybridized carbons (Fsp3) is 0.562. The first-order chi connectivity index (χ1) is 9.56. The van der Waals surface area contributed by atoms with Gasteiger partial charge in [0, 0.05) is 18.7 Å². The summed E-state index contributed by atoms with van der Waals surface area (Å²) in [6, 6.07) is 3.48. The Labute approximate surface area is 120 Å². The normalized spacial score (nSPS) is 18.8. The number of hydrogen-bond acceptors (Lipinski definition) is 3. The van der Waals surface area contributed by atoms with Gasteiger partial charge in [-0.2, -0.15) is 0 Å². The van der Waals surface area contributed by atoms with Crippen molar-refractivity contribution >= 4 is 11.6 Å². The van der Waals surface area contributed by atoms with E-state index in [1.807, 2.05) is 13.8 Å². The molecule has 4 nitrogen and oxygen atoms in total. The minimum Gasteiger partial charge on any atom is -0.508 e. The zero-order valence-corrected chi connectivity index (χ0v) is 12.2. The van der Waals surface area contributed by atoms with Gasteiger partial charge in [0.2, 0.25) is 5.91 Å². The lowest BCUT2D eigenvalue weighted by Crippen LogP contribution is -2.22. The van der Waals surface area contributed by atoms with Gasteiger partial charge in [0.25, 0.3) is 0 Å². The van der Waals surface area contributed by atoms with Crippen molar-refractivity contribution in [3.05, 3.63) is 23.3 Å². The van der Waals surface area contributed by atoms with Crippen molar-refractivity contribution in [2.45, 2.75) is 52.1 Å². The molecule has 1 aliphatic rings. The molecule has 2 N–H and O–H groups in total. The predicted molar refractivity (Wildman–Crippen MR) is 79.0 cm³/mol. The molecule has 4 heteroatoms. The molecule has 0 spiro atoms. The highest BCUT2D eigenvalue weighted by molar-refractivity contribution is 5.91. The molecule has 0 bridgehead atoms. The van der Waals surface area contributed by atoms with E-state index in [4.69, 9.17) is 4.74 Å². The van der Waals surface area contributed by atoms with Gasteiger partial charge in [-0.1, -0.05) is 0 Å². The summed E-state index contributed by atoms with van der Waals surface area (Å²) in [7, 11) is 0. The monoisotopic (exact) mass is 277 g/mol. The number of aryl methyl sites for hydroxylation is 2. The van der Waals surface area contributed by atoms with Crippen LogP contribution in [0.3, 0.4) is 0 Å². The van der Waals surface area contributed by atoms with Crippen molar-refractivity contribution in [2.75, 3.05) is 11.9 Å². The lowest BCUT2D eigenvalue weighted by Gasteiger charge is -2.22. The van der Waals surface area contributed by atoms with Crippen LogP contribution in [0.5, 0.6) is 5.75 Å². The topological polar surface area (TPSA) is 58.6 Å². The number of nitrogens with one attached hydrogen (secondary N) is 1. The first-order valence-electron chi connectivity index (χ1n) is 7.28. The molecule has 2 rings (SSSR count). The Balaban J connectivity index is 1.86. The molecule has 110 valence electrons. The summed E-state index contributed by atoms with van der Waals surface area (Å²) < 4.78 is 5.62. The Morgan fingerprint density at radius 2 is 2.15 bits per heavy atom. The van der Waals surface area contributed by atoms with Crippen molar-refractivity contribution in [1.82, 2.24) is 0 Å². The van der Waals surface area contributed by atoms with Crippen molar-refractivity contribution < 1.29 is 14.6 Å². The summed E-state index contributed by atoms with van der Waals surface area (Å²) in [6.45, 7) is 4.52. The molecule has 0 aromatic heterocycles. The molecule has 1 aliphatic heterocycles. The van der Waals surface area contributed by atoms with Crippen LogP contribution in [0.2, 0.25) is 0 Å². The van der Waals surface area contributed by atoms with Crippen molar-refractivity contribution in [1.29, 1.82) is 0 Å². The average Bonchev–Trinajstić information content (AvgIpc) is 2.44. The van der Waals surface area contributed by atoms with E-state index in [0.29, 0.717) is 6.42 Å². The van der Waals surface area contributed by atoms with E-state index in [9.17, 15) is 9.90 Å². The molecule has 0 aliphatic carbocycles. The second kappa shape index (κ2) is 6.75. The summed E-state index contributed by atoms with van der Waals surface area (Å²) in [4.78, 5) is 12.0. The van der Waals surface area contributed by atoms with Crippen LogP contribution in [-0.4, -0.2) is 23.7 Å². The fourth-order valence-corrected chi connectivity index (χ4v) is 2.48. The van der Waals surface area contributed by atoms with Crippen molar-refractivity contribution in [2.24, 2.45) is 0 Å². The molecule has 1 atom stereocenters. The summed E-state index contributed by atoms with van der Waals surface area (Å²) >= 11 is 0. The fourth-order valence-electron chi connectivity index (χ4n) is 2.48. The van der Waals surface area contributed by atoms with Crippen molar-refractivity contribution in [3.63, 3.8) is 0 Å². The van der Waals surface area contributed by atoms with Crippen LogP contribution in [-0.2, 0) is 9.53 Å². The number of anilines is 1. The summed E-state index contributed by atoms with van der Waals surface area (Å²) in [6.07, 6.45) is 4.88. The number of carbonyl (C=O) groups is 1. The lowest BCUT2D eigenvalue weighted by atomic mass is 10.0. The number of amides is 1. The zero-order valence-electron chi connectivity index (χ0n) is 12.2.